The predicted molar refractivity (Wildman–Crippen MR) is 117 cm³/mol. The lowest BCUT2D eigenvalue weighted by molar-refractivity contribution is -0.232. The average molecular weight is 447 g/mol. The Labute approximate surface area is 184 Å². The number of rotatable bonds is 6. The molecule has 1 aromatic heterocycles. The molecule has 4 N–H and O–H groups in total. The second-order valence-corrected chi connectivity index (χ2v) is 8.75. The van der Waals surface area contributed by atoms with Gasteiger partial charge in [0.2, 0.25) is 0 Å². The zero-order valence-electron chi connectivity index (χ0n) is 17.3. The van der Waals surface area contributed by atoms with Crippen molar-refractivity contribution in [2.75, 3.05) is 20.8 Å². The topological polar surface area (TPSA) is 109 Å². The van der Waals surface area contributed by atoms with Crippen LogP contribution in [0.25, 0.3) is 10.1 Å². The fourth-order valence-corrected chi connectivity index (χ4v) is 5.11. The molecule has 2 unspecified atom stereocenters. The standard InChI is InChI=1S/C23H26O7S/c1-28-16-10-17(29-2)15(23-22(27)21(26)20(25)18(11-24)30-23)9-13(16)8-14-7-12-5-3-4-6-19(12)31-14/h3-7,9-10,18,20-27H,8,11H2,1-2H3/t18?,20-,21+,22-,23?/m1/s1. The Hall–Kier alpha value is -2.20. The first kappa shape index (κ1) is 22.0. The summed E-state index contributed by atoms with van der Waals surface area (Å²) in [5.41, 5.74) is 1.37. The van der Waals surface area contributed by atoms with Crippen molar-refractivity contribution >= 4 is 21.4 Å². The highest BCUT2D eigenvalue weighted by molar-refractivity contribution is 7.19. The van der Waals surface area contributed by atoms with Crippen LogP contribution in [0.5, 0.6) is 11.5 Å². The third kappa shape index (κ3) is 4.15. The summed E-state index contributed by atoms with van der Waals surface area (Å²) in [6.07, 6.45) is -5.67. The molecular weight excluding hydrogens is 420 g/mol. The van der Waals surface area contributed by atoms with Gasteiger partial charge in [0, 0.05) is 27.6 Å². The fourth-order valence-electron chi connectivity index (χ4n) is 4.02. The fraction of sp³-hybridized carbons (Fsp3) is 0.391. The number of benzene rings is 2. The molecule has 2 aromatic carbocycles. The van der Waals surface area contributed by atoms with Gasteiger partial charge in [-0.15, -0.1) is 11.3 Å². The molecule has 2 heterocycles. The first-order chi connectivity index (χ1) is 15.0. The molecule has 1 aliphatic rings. The minimum absolute atomic E-state index is 0.418. The number of hydrogen-bond donors (Lipinski definition) is 4. The van der Waals surface area contributed by atoms with Crippen LogP contribution >= 0.6 is 11.3 Å². The van der Waals surface area contributed by atoms with Crippen LogP contribution in [0.4, 0.5) is 0 Å². The van der Waals surface area contributed by atoms with Crippen LogP contribution in [0.15, 0.2) is 42.5 Å². The smallest absolute Gasteiger partial charge is 0.128 e. The average Bonchev–Trinajstić information content (AvgIpc) is 3.20. The van der Waals surface area contributed by atoms with E-state index in [2.05, 4.69) is 18.2 Å². The second kappa shape index (κ2) is 9.12. The molecule has 1 fully saturated rings. The molecule has 1 aliphatic heterocycles. The Balaban J connectivity index is 1.74. The number of aliphatic hydroxyl groups is 4. The highest BCUT2D eigenvalue weighted by Gasteiger charge is 2.45. The lowest BCUT2D eigenvalue weighted by Gasteiger charge is -2.40. The lowest BCUT2D eigenvalue weighted by atomic mass is 9.89. The number of fused-ring (bicyclic) bond motifs is 1. The van der Waals surface area contributed by atoms with Crippen LogP contribution in [0.2, 0.25) is 0 Å². The summed E-state index contributed by atoms with van der Waals surface area (Å²) in [7, 11) is 3.07. The summed E-state index contributed by atoms with van der Waals surface area (Å²) in [5.74, 6) is 1.05. The summed E-state index contributed by atoms with van der Waals surface area (Å²) >= 11 is 1.69. The molecule has 0 radical (unpaired) electrons. The predicted octanol–water partition coefficient (Wildman–Crippen LogP) is 2.02. The molecule has 8 heteroatoms. The number of aliphatic hydroxyl groups excluding tert-OH is 4. The van der Waals surface area contributed by atoms with Crippen LogP contribution in [0, 0.1) is 0 Å². The van der Waals surface area contributed by atoms with Gasteiger partial charge in [0.25, 0.3) is 0 Å². The van der Waals surface area contributed by atoms with Gasteiger partial charge >= 0.3 is 0 Å². The van der Waals surface area contributed by atoms with Crippen molar-refractivity contribution in [2.24, 2.45) is 0 Å². The molecule has 166 valence electrons. The minimum atomic E-state index is -1.46. The Kier molecular flexibility index (Phi) is 6.47. The molecule has 31 heavy (non-hydrogen) atoms. The zero-order chi connectivity index (χ0) is 22.1. The normalized spacial score (nSPS) is 26.2. The van der Waals surface area contributed by atoms with Gasteiger partial charge in [-0.2, -0.15) is 0 Å². The van der Waals surface area contributed by atoms with E-state index in [0.29, 0.717) is 23.5 Å². The summed E-state index contributed by atoms with van der Waals surface area (Å²) in [6, 6.07) is 13.8. The number of thiophene rings is 1. The first-order valence-electron chi connectivity index (χ1n) is 9.99. The third-order valence-corrected chi connectivity index (χ3v) is 6.79. The molecule has 0 amide bonds. The van der Waals surface area contributed by atoms with Crippen molar-refractivity contribution in [1.29, 1.82) is 0 Å². The summed E-state index contributed by atoms with van der Waals surface area (Å²) < 4.78 is 18.0. The monoisotopic (exact) mass is 446 g/mol. The Morgan fingerprint density at radius 3 is 2.35 bits per heavy atom. The maximum Gasteiger partial charge on any atom is 0.128 e. The maximum atomic E-state index is 10.6. The summed E-state index contributed by atoms with van der Waals surface area (Å²) in [6.45, 7) is -0.492. The summed E-state index contributed by atoms with van der Waals surface area (Å²) in [5, 5.41) is 41.6. The van der Waals surface area contributed by atoms with Crippen molar-refractivity contribution < 1.29 is 34.6 Å². The largest absolute Gasteiger partial charge is 0.496 e. The van der Waals surface area contributed by atoms with Crippen LogP contribution < -0.4 is 9.47 Å². The van der Waals surface area contributed by atoms with Crippen molar-refractivity contribution in [1.82, 2.24) is 0 Å². The van der Waals surface area contributed by atoms with E-state index in [1.165, 1.54) is 17.2 Å². The van der Waals surface area contributed by atoms with E-state index in [1.807, 2.05) is 18.2 Å². The van der Waals surface area contributed by atoms with Crippen LogP contribution in [0.1, 0.15) is 22.1 Å². The molecule has 0 spiro atoms. The van der Waals surface area contributed by atoms with Gasteiger partial charge in [-0.3, -0.25) is 0 Å². The van der Waals surface area contributed by atoms with E-state index >= 15 is 0 Å². The maximum absolute atomic E-state index is 10.6. The van der Waals surface area contributed by atoms with Gasteiger partial charge in [0.15, 0.2) is 0 Å². The molecule has 1 saturated heterocycles. The third-order valence-electron chi connectivity index (χ3n) is 5.67. The van der Waals surface area contributed by atoms with Crippen LogP contribution in [-0.2, 0) is 11.2 Å². The Bertz CT molecular complexity index is 1010. The van der Waals surface area contributed by atoms with E-state index in [0.717, 1.165) is 10.4 Å². The Morgan fingerprint density at radius 2 is 1.68 bits per heavy atom. The number of ether oxygens (including phenoxy) is 3. The molecule has 0 aliphatic carbocycles. The SMILES string of the molecule is COc1cc(OC)c(C2OC(CO)[C@@H](O)[C@H](O)[C@H]2O)cc1Cc1cc2ccccc2s1. The van der Waals surface area contributed by atoms with Gasteiger partial charge in [-0.1, -0.05) is 18.2 Å². The van der Waals surface area contributed by atoms with E-state index in [-0.39, 0.29) is 0 Å². The number of methoxy groups -OCH3 is 2. The van der Waals surface area contributed by atoms with Gasteiger partial charge in [-0.25, -0.2) is 0 Å². The highest BCUT2D eigenvalue weighted by atomic mass is 32.1. The van der Waals surface area contributed by atoms with Gasteiger partial charge < -0.3 is 34.6 Å². The van der Waals surface area contributed by atoms with Crippen LogP contribution in [0.3, 0.4) is 0 Å². The van der Waals surface area contributed by atoms with Crippen molar-refractivity contribution in [2.45, 2.75) is 36.9 Å². The molecular formula is C23H26O7S. The molecule has 3 aromatic rings. The molecule has 4 rings (SSSR count). The van der Waals surface area contributed by atoms with E-state index < -0.39 is 37.1 Å². The van der Waals surface area contributed by atoms with Crippen LogP contribution in [-0.4, -0.2) is 65.7 Å². The minimum Gasteiger partial charge on any atom is -0.496 e. The van der Waals surface area contributed by atoms with Crippen molar-refractivity contribution in [3.8, 4) is 11.5 Å². The molecule has 7 nitrogen and oxygen atoms in total. The van der Waals surface area contributed by atoms with E-state index in [1.54, 1.807) is 24.5 Å². The highest BCUT2D eigenvalue weighted by Crippen LogP contribution is 2.41. The van der Waals surface area contributed by atoms with Crippen molar-refractivity contribution in [3.63, 3.8) is 0 Å². The first-order valence-corrected chi connectivity index (χ1v) is 10.8. The van der Waals surface area contributed by atoms with Gasteiger partial charge in [-0.05, 0) is 29.1 Å². The molecule has 0 saturated carbocycles. The summed E-state index contributed by atoms with van der Waals surface area (Å²) in [4.78, 5) is 1.14. The zero-order valence-corrected chi connectivity index (χ0v) is 18.1. The second-order valence-electron chi connectivity index (χ2n) is 7.58. The quantitative estimate of drug-likeness (QED) is 0.459. The number of hydrogen-bond acceptors (Lipinski definition) is 8. The lowest BCUT2D eigenvalue weighted by Crippen LogP contribution is -2.55. The Morgan fingerprint density at radius 1 is 0.935 bits per heavy atom. The van der Waals surface area contributed by atoms with Gasteiger partial charge in [0.05, 0.1) is 20.8 Å². The van der Waals surface area contributed by atoms with E-state index in [4.69, 9.17) is 14.2 Å². The van der Waals surface area contributed by atoms with E-state index in [9.17, 15) is 20.4 Å². The van der Waals surface area contributed by atoms with Gasteiger partial charge in [0.1, 0.15) is 42.0 Å². The van der Waals surface area contributed by atoms with Crippen molar-refractivity contribution in [3.05, 3.63) is 58.5 Å². The molecule has 5 atom stereocenters. The molecule has 0 bridgehead atoms.